The van der Waals surface area contributed by atoms with Crippen LogP contribution < -0.4 is 11.5 Å². The number of hydrogen-bond acceptors (Lipinski definition) is 6. The standard InChI is InChI=1S/CH6N4.HNO3/c2-1(3)5-4;2-1(3)4/h1,4H,2-3H2;(H,2,3,4). The van der Waals surface area contributed by atoms with Crippen LogP contribution in [0, 0.1) is 15.6 Å². The summed E-state index contributed by atoms with van der Waals surface area (Å²) in [5, 5.41) is 16.3. The van der Waals surface area contributed by atoms with E-state index in [1.165, 1.54) is 0 Å². The van der Waals surface area contributed by atoms with E-state index in [1.54, 1.807) is 0 Å². The molecule has 0 aromatic heterocycles. The van der Waals surface area contributed by atoms with Crippen molar-refractivity contribution in [2.45, 2.75) is 6.29 Å². The van der Waals surface area contributed by atoms with E-state index < -0.39 is 11.4 Å². The topological polar surface area (TPSA) is 152 Å². The van der Waals surface area contributed by atoms with Crippen LogP contribution in [0.4, 0.5) is 0 Å². The SMILES string of the molecule is N=NC(N)N.O=[N+]([O-])O. The van der Waals surface area contributed by atoms with Crippen molar-refractivity contribution in [3.8, 4) is 0 Å². The molecule has 54 valence electrons. The summed E-state index contributed by atoms with van der Waals surface area (Å²) in [5.41, 5.74) is 15.5. The van der Waals surface area contributed by atoms with Gasteiger partial charge in [-0.2, -0.15) is 5.11 Å². The molecule has 0 fully saturated rings. The van der Waals surface area contributed by atoms with Crippen LogP contribution in [0.1, 0.15) is 0 Å². The average Bonchev–Trinajstić information content (AvgIpc) is 1.65. The maximum atomic E-state index is 8.36. The largest absolute Gasteiger partial charge is 0.328 e. The third-order valence-corrected chi connectivity index (χ3v) is 0.149. The summed E-state index contributed by atoms with van der Waals surface area (Å²) in [6, 6.07) is 0. The van der Waals surface area contributed by atoms with Crippen molar-refractivity contribution < 1.29 is 10.3 Å². The zero-order chi connectivity index (χ0) is 7.86. The van der Waals surface area contributed by atoms with E-state index in [9.17, 15) is 0 Å². The quantitative estimate of drug-likeness (QED) is 0.156. The van der Waals surface area contributed by atoms with E-state index in [1.807, 2.05) is 0 Å². The summed E-state index contributed by atoms with van der Waals surface area (Å²) in [6.07, 6.45) is -0.824. The molecule has 0 aliphatic rings. The van der Waals surface area contributed by atoms with Crippen LogP contribution in [-0.2, 0) is 0 Å². The highest BCUT2D eigenvalue weighted by Gasteiger charge is 1.75. The van der Waals surface area contributed by atoms with Gasteiger partial charge in [-0.3, -0.25) is 11.5 Å². The van der Waals surface area contributed by atoms with E-state index in [2.05, 4.69) is 5.11 Å². The maximum absolute atomic E-state index is 8.36. The fourth-order valence-electron chi connectivity index (χ4n) is 0. The second kappa shape index (κ2) is 6.72. The van der Waals surface area contributed by atoms with Crippen LogP contribution >= 0.6 is 0 Å². The molecule has 8 heteroatoms. The Morgan fingerprint density at radius 2 is 1.89 bits per heavy atom. The van der Waals surface area contributed by atoms with Crippen LogP contribution in [0.15, 0.2) is 5.11 Å². The fourth-order valence-corrected chi connectivity index (χ4v) is 0. The first-order chi connectivity index (χ1) is 4.00. The van der Waals surface area contributed by atoms with Crippen molar-refractivity contribution in [3.05, 3.63) is 10.1 Å². The Balaban J connectivity index is 0. The minimum Gasteiger partial charge on any atom is -0.328 e. The first kappa shape index (κ1) is 10.7. The Kier molecular flexibility index (Phi) is 7.96. The minimum atomic E-state index is -1.50. The van der Waals surface area contributed by atoms with Crippen LogP contribution in [-0.4, -0.2) is 16.6 Å². The lowest BCUT2D eigenvalue weighted by Gasteiger charge is -1.85. The Labute approximate surface area is 50.1 Å². The highest BCUT2D eigenvalue weighted by atomic mass is 16.9. The van der Waals surface area contributed by atoms with Crippen LogP contribution in [0.2, 0.25) is 0 Å². The van der Waals surface area contributed by atoms with E-state index in [-0.39, 0.29) is 0 Å². The van der Waals surface area contributed by atoms with Gasteiger partial charge in [0.15, 0.2) is 6.29 Å². The Hall–Kier alpha value is -1.28. The predicted molar refractivity (Wildman–Crippen MR) is 26.1 cm³/mol. The highest BCUT2D eigenvalue weighted by molar-refractivity contribution is 4.31. The highest BCUT2D eigenvalue weighted by Crippen LogP contribution is 1.55. The van der Waals surface area contributed by atoms with Crippen molar-refractivity contribution in [1.29, 1.82) is 5.53 Å². The summed E-state index contributed by atoms with van der Waals surface area (Å²) < 4.78 is 0. The summed E-state index contributed by atoms with van der Waals surface area (Å²) in [4.78, 5) is 8.36. The molecule has 9 heavy (non-hydrogen) atoms. The zero-order valence-electron chi connectivity index (χ0n) is 4.39. The lowest BCUT2D eigenvalue weighted by atomic mass is 11.0. The monoisotopic (exact) mass is 137 g/mol. The first-order valence-electron chi connectivity index (χ1n) is 1.71. The normalized spacial score (nSPS) is 7.44. The van der Waals surface area contributed by atoms with Gasteiger partial charge >= 0.3 is 0 Å². The molecule has 0 atom stereocenters. The number of nitrogens with one attached hydrogen (secondary N) is 1. The van der Waals surface area contributed by atoms with Gasteiger partial charge in [0.2, 0.25) is 0 Å². The summed E-state index contributed by atoms with van der Waals surface area (Å²) in [5.74, 6) is 0. The van der Waals surface area contributed by atoms with Crippen molar-refractivity contribution in [3.63, 3.8) is 0 Å². The first-order valence-corrected chi connectivity index (χ1v) is 1.71. The molecule has 0 saturated carbocycles. The Morgan fingerprint density at radius 3 is 1.89 bits per heavy atom. The van der Waals surface area contributed by atoms with E-state index in [0.717, 1.165) is 0 Å². The van der Waals surface area contributed by atoms with Gasteiger partial charge in [-0.1, -0.05) is 0 Å². The Bertz CT molecular complexity index is 86.2. The van der Waals surface area contributed by atoms with Crippen LogP contribution in [0.3, 0.4) is 0 Å². The molecular weight excluding hydrogens is 130 g/mol. The van der Waals surface area contributed by atoms with Gasteiger partial charge in [0.25, 0.3) is 5.09 Å². The molecule has 0 aliphatic heterocycles. The summed E-state index contributed by atoms with van der Waals surface area (Å²) in [7, 11) is 0. The van der Waals surface area contributed by atoms with Crippen molar-refractivity contribution in [1.82, 2.24) is 0 Å². The van der Waals surface area contributed by atoms with Gasteiger partial charge < -0.3 is 5.21 Å². The van der Waals surface area contributed by atoms with Gasteiger partial charge in [-0.15, -0.1) is 10.1 Å². The minimum absolute atomic E-state index is 0.824. The molecule has 0 saturated heterocycles. The zero-order valence-corrected chi connectivity index (χ0v) is 4.39. The molecule has 0 heterocycles. The molecule has 0 bridgehead atoms. The van der Waals surface area contributed by atoms with Gasteiger partial charge in [0, 0.05) is 0 Å². The summed E-state index contributed by atoms with van der Waals surface area (Å²) >= 11 is 0. The second-order valence-corrected chi connectivity index (χ2v) is 0.858. The average molecular weight is 137 g/mol. The molecule has 0 unspecified atom stereocenters. The molecule has 0 radical (unpaired) electrons. The number of nitrogens with zero attached hydrogens (tertiary/aromatic N) is 2. The molecule has 0 aromatic rings. The number of rotatable bonds is 1. The van der Waals surface area contributed by atoms with Gasteiger partial charge in [0.05, 0.1) is 0 Å². The van der Waals surface area contributed by atoms with Gasteiger partial charge in [0.1, 0.15) is 0 Å². The van der Waals surface area contributed by atoms with Crippen molar-refractivity contribution in [2.75, 3.05) is 0 Å². The third kappa shape index (κ3) is 289. The maximum Gasteiger partial charge on any atom is 0.291 e. The molecule has 0 rings (SSSR count). The lowest BCUT2D eigenvalue weighted by Crippen LogP contribution is -2.26. The summed E-state index contributed by atoms with van der Waals surface area (Å²) in [6.45, 7) is 0. The van der Waals surface area contributed by atoms with Crippen LogP contribution in [0.25, 0.3) is 0 Å². The Morgan fingerprint density at radius 1 is 1.78 bits per heavy atom. The lowest BCUT2D eigenvalue weighted by molar-refractivity contribution is -0.742. The molecule has 8 nitrogen and oxygen atoms in total. The second-order valence-electron chi connectivity index (χ2n) is 0.858. The molecule has 0 spiro atoms. The molecular formula is CH7N5O3. The number of hydrogen-bond donors (Lipinski definition) is 4. The predicted octanol–water partition coefficient (Wildman–Crippen LogP) is -1.13. The van der Waals surface area contributed by atoms with E-state index in [0.29, 0.717) is 0 Å². The van der Waals surface area contributed by atoms with Crippen molar-refractivity contribution in [2.24, 2.45) is 16.6 Å². The fraction of sp³-hybridized carbons (Fsp3) is 1.00. The van der Waals surface area contributed by atoms with Crippen molar-refractivity contribution >= 4 is 0 Å². The van der Waals surface area contributed by atoms with Gasteiger partial charge in [-0.05, 0) is 0 Å². The molecule has 6 N–H and O–H groups in total. The number of nitrogens with two attached hydrogens (primary N) is 2. The molecule has 0 aliphatic carbocycles. The third-order valence-electron chi connectivity index (χ3n) is 0.149. The van der Waals surface area contributed by atoms with E-state index in [4.69, 9.17) is 32.3 Å². The van der Waals surface area contributed by atoms with Gasteiger partial charge in [-0.25, -0.2) is 5.53 Å². The van der Waals surface area contributed by atoms with E-state index >= 15 is 0 Å². The molecule has 0 amide bonds. The van der Waals surface area contributed by atoms with Crippen LogP contribution in [0.5, 0.6) is 0 Å². The molecule has 0 aromatic carbocycles. The smallest absolute Gasteiger partial charge is 0.291 e.